The Morgan fingerprint density at radius 3 is 2.00 bits per heavy atom. The van der Waals surface area contributed by atoms with E-state index < -0.39 is 26.7 Å². The first-order valence-electron chi connectivity index (χ1n) is 5.95. The van der Waals surface area contributed by atoms with E-state index in [4.69, 9.17) is 14.7 Å². The Hall–Kier alpha value is 1.18. The van der Waals surface area contributed by atoms with Crippen LogP contribution in [0.3, 0.4) is 0 Å². The van der Waals surface area contributed by atoms with Crippen molar-refractivity contribution in [3.8, 4) is 0 Å². The van der Waals surface area contributed by atoms with Crippen LogP contribution >= 0.6 is 15.2 Å². The minimum atomic E-state index is -5.21. The van der Waals surface area contributed by atoms with Crippen LogP contribution < -0.4 is 34.5 Å². The second-order valence-corrected chi connectivity index (χ2v) is 8.10. The van der Waals surface area contributed by atoms with E-state index >= 15 is 0 Å². The molecule has 0 bridgehead atoms. The van der Waals surface area contributed by atoms with E-state index in [1.54, 1.807) is 7.05 Å². The molecule has 124 valence electrons. The van der Waals surface area contributed by atoms with E-state index in [0.717, 1.165) is 19.3 Å². The predicted octanol–water partition coefficient (Wildman–Crippen LogP) is -4.30. The van der Waals surface area contributed by atoms with E-state index in [2.05, 4.69) is 0 Å². The molecule has 0 radical (unpaired) electrons. The van der Waals surface area contributed by atoms with Gasteiger partial charge >= 0.3 is 37.2 Å². The van der Waals surface area contributed by atoms with Gasteiger partial charge in [-0.05, 0) is 20.0 Å². The summed E-state index contributed by atoms with van der Waals surface area (Å²) >= 11 is 0. The van der Waals surface area contributed by atoms with Crippen LogP contribution in [0, 0.1) is 0 Å². The summed E-state index contributed by atoms with van der Waals surface area (Å²) in [5.74, 6) is -2.47. The number of hydrogen-bond donors (Lipinski definition) is 4. The Morgan fingerprint density at radius 2 is 1.67 bits per heavy atom. The van der Waals surface area contributed by atoms with Crippen LogP contribution in [0.15, 0.2) is 0 Å². The number of hydrogen-bond acceptors (Lipinski definition) is 5. The number of rotatable bonds is 9. The fraction of sp³-hybridized carbons (Fsp3) is 1.00. The topological polar surface area (TPSA) is 173 Å². The SMILES string of the molecule is CCCCCN(C)CC(C(O)P(=O)([O-])O)P(=O)(O)O.O.[Na+]. The van der Waals surface area contributed by atoms with Gasteiger partial charge in [-0.2, -0.15) is 0 Å². The van der Waals surface area contributed by atoms with Crippen LogP contribution in [0.1, 0.15) is 26.2 Å². The van der Waals surface area contributed by atoms with Crippen LogP contribution in [0.5, 0.6) is 0 Å². The van der Waals surface area contributed by atoms with Crippen molar-refractivity contribution in [3.05, 3.63) is 0 Å². The van der Waals surface area contributed by atoms with Gasteiger partial charge in [-0.1, -0.05) is 19.8 Å². The van der Waals surface area contributed by atoms with E-state index in [1.165, 1.54) is 4.90 Å². The van der Waals surface area contributed by atoms with Crippen LogP contribution in [0.2, 0.25) is 0 Å². The Balaban J connectivity index is -0.00000162. The molecule has 0 fully saturated rings. The van der Waals surface area contributed by atoms with Crippen LogP contribution in [-0.4, -0.2) is 61.8 Å². The summed E-state index contributed by atoms with van der Waals surface area (Å²) in [5, 5.41) is 9.36. The molecule has 0 spiro atoms. The Morgan fingerprint density at radius 1 is 1.19 bits per heavy atom. The van der Waals surface area contributed by atoms with Gasteiger partial charge in [0.1, 0.15) is 11.5 Å². The first-order valence-corrected chi connectivity index (χ1v) is 9.28. The van der Waals surface area contributed by atoms with Gasteiger partial charge in [0.15, 0.2) is 7.60 Å². The molecule has 0 aromatic rings. The van der Waals surface area contributed by atoms with Crippen molar-refractivity contribution < 1.29 is 68.8 Å². The third-order valence-electron chi connectivity index (χ3n) is 2.75. The zero-order chi connectivity index (χ0) is 15.3. The van der Waals surface area contributed by atoms with Crippen molar-refractivity contribution in [1.29, 1.82) is 0 Å². The summed E-state index contributed by atoms with van der Waals surface area (Å²) < 4.78 is 22.1. The van der Waals surface area contributed by atoms with Gasteiger partial charge in [-0.3, -0.25) is 4.57 Å². The second-order valence-electron chi connectivity index (χ2n) is 4.60. The van der Waals surface area contributed by atoms with Gasteiger partial charge in [-0.25, -0.2) is 0 Å². The van der Waals surface area contributed by atoms with Crippen LogP contribution in [0.4, 0.5) is 0 Å². The third-order valence-corrected chi connectivity index (χ3v) is 5.33. The molecule has 0 rings (SSSR count). The molecule has 12 heteroatoms. The summed E-state index contributed by atoms with van der Waals surface area (Å²) in [6.07, 6.45) is 2.71. The van der Waals surface area contributed by atoms with Crippen molar-refractivity contribution in [1.82, 2.24) is 4.90 Å². The second kappa shape index (κ2) is 11.7. The maximum absolute atomic E-state index is 11.2. The Kier molecular flexibility index (Phi) is 15.0. The Labute approximate surface area is 146 Å². The zero-order valence-electron chi connectivity index (χ0n) is 12.5. The first kappa shape index (κ1) is 27.0. The number of aliphatic hydroxyl groups excluding tert-OH is 1. The van der Waals surface area contributed by atoms with Gasteiger partial charge < -0.3 is 39.6 Å². The molecule has 0 aromatic heterocycles. The number of aliphatic hydroxyl groups is 1. The quantitative estimate of drug-likeness (QED) is 0.182. The molecule has 0 aliphatic rings. The van der Waals surface area contributed by atoms with Crippen molar-refractivity contribution in [2.24, 2.45) is 0 Å². The smallest absolute Gasteiger partial charge is 0.777 e. The molecule has 3 unspecified atom stereocenters. The van der Waals surface area contributed by atoms with Crippen molar-refractivity contribution >= 4 is 15.2 Å². The van der Waals surface area contributed by atoms with Crippen molar-refractivity contribution in [3.63, 3.8) is 0 Å². The van der Waals surface area contributed by atoms with Gasteiger partial charge in [0.25, 0.3) is 0 Å². The van der Waals surface area contributed by atoms with Gasteiger partial charge in [0.05, 0.1) is 0 Å². The average Bonchev–Trinajstić information content (AvgIpc) is 2.22. The monoisotopic (exact) mass is 359 g/mol. The normalized spacial score (nSPS) is 17.3. The molecule has 0 saturated heterocycles. The summed E-state index contributed by atoms with van der Waals surface area (Å²) in [6.45, 7) is 2.20. The van der Waals surface area contributed by atoms with E-state index in [1.807, 2.05) is 6.92 Å². The fourth-order valence-electron chi connectivity index (χ4n) is 1.63. The largest absolute Gasteiger partial charge is 1.00 e. The minimum Gasteiger partial charge on any atom is -0.777 e. The summed E-state index contributed by atoms with van der Waals surface area (Å²) in [6, 6.07) is 0. The van der Waals surface area contributed by atoms with Gasteiger partial charge in [-0.15, -0.1) is 0 Å². The summed E-state index contributed by atoms with van der Waals surface area (Å²) in [5.41, 5.74) is -1.85. The van der Waals surface area contributed by atoms with Crippen LogP contribution in [0.25, 0.3) is 0 Å². The Bertz CT molecular complexity index is 360. The molecule has 6 N–H and O–H groups in total. The molecule has 9 nitrogen and oxygen atoms in total. The van der Waals surface area contributed by atoms with Crippen molar-refractivity contribution in [2.45, 2.75) is 37.7 Å². The van der Waals surface area contributed by atoms with E-state index in [-0.39, 0.29) is 41.6 Å². The standard InChI is InChI=1S/C9H23NO7P2.Na.H2O/c1-3-4-5-6-10(2)7-8(18(12,13)14)9(11)19(15,16)17;;/h8-9,11H,3-7H2,1-2H3,(H2,12,13,14)(H2,15,16,17);;1H2/q;+1;/p-1. The van der Waals surface area contributed by atoms with Gasteiger partial charge in [0, 0.05) is 6.54 Å². The fourth-order valence-corrected chi connectivity index (χ4v) is 4.03. The summed E-state index contributed by atoms with van der Waals surface area (Å²) in [7, 11) is -8.49. The maximum Gasteiger partial charge on any atom is 1.00 e. The molecular weight excluding hydrogens is 335 g/mol. The minimum absolute atomic E-state index is 0. The summed E-state index contributed by atoms with van der Waals surface area (Å²) in [4.78, 5) is 39.3. The predicted molar refractivity (Wildman–Crippen MR) is 72.3 cm³/mol. The molecule has 3 atom stereocenters. The zero-order valence-corrected chi connectivity index (χ0v) is 16.3. The maximum atomic E-state index is 11.2. The third kappa shape index (κ3) is 11.4. The molecular formula is C9H24NNaO8P2. The molecule has 0 aliphatic carbocycles. The first-order chi connectivity index (χ1) is 8.50. The van der Waals surface area contributed by atoms with Crippen LogP contribution in [-0.2, 0) is 9.13 Å². The van der Waals surface area contributed by atoms with E-state index in [0.29, 0.717) is 6.54 Å². The molecule has 0 amide bonds. The van der Waals surface area contributed by atoms with Crippen molar-refractivity contribution in [2.75, 3.05) is 20.1 Å². The molecule has 21 heavy (non-hydrogen) atoms. The number of unbranched alkanes of at least 4 members (excludes halogenated alkanes) is 2. The number of nitrogens with zero attached hydrogens (tertiary/aromatic N) is 1. The average molecular weight is 359 g/mol. The molecule has 0 aromatic carbocycles. The molecule has 0 saturated carbocycles. The van der Waals surface area contributed by atoms with Gasteiger partial charge in [0.2, 0.25) is 0 Å². The molecule has 0 aliphatic heterocycles. The molecule has 0 heterocycles. The van der Waals surface area contributed by atoms with E-state index in [9.17, 15) is 19.1 Å².